The molecule has 9 heteroatoms. The highest BCUT2D eigenvalue weighted by Crippen LogP contribution is 2.57. The van der Waals surface area contributed by atoms with E-state index >= 15 is 0 Å². The van der Waals surface area contributed by atoms with E-state index in [4.69, 9.17) is 4.52 Å². The van der Waals surface area contributed by atoms with Gasteiger partial charge in [-0.25, -0.2) is 0 Å². The lowest BCUT2D eigenvalue weighted by molar-refractivity contribution is -0.130. The van der Waals surface area contributed by atoms with Crippen LogP contribution in [0.3, 0.4) is 0 Å². The van der Waals surface area contributed by atoms with Gasteiger partial charge in [0.15, 0.2) is 5.01 Å². The van der Waals surface area contributed by atoms with Crippen molar-refractivity contribution in [1.82, 2.24) is 20.3 Å². The molecule has 146 valence electrons. The maximum atomic E-state index is 12.3. The molecule has 1 spiro atoms. The molecule has 1 aliphatic carbocycles. The molecule has 1 saturated heterocycles. The molecular weight excluding hydrogens is 394 g/mol. The van der Waals surface area contributed by atoms with Gasteiger partial charge in [0, 0.05) is 38.7 Å². The van der Waals surface area contributed by atoms with Crippen LogP contribution < -0.4 is 4.90 Å². The van der Waals surface area contributed by atoms with Gasteiger partial charge < -0.3 is 14.3 Å². The van der Waals surface area contributed by atoms with Crippen LogP contribution in [0.25, 0.3) is 10.7 Å². The Morgan fingerprint density at radius 2 is 2.21 bits per heavy atom. The molecular formula is C19H21N5O2S2. The Labute approximate surface area is 171 Å². The fourth-order valence-corrected chi connectivity index (χ4v) is 5.76. The molecule has 1 amide bonds. The number of amides is 1. The minimum Gasteiger partial charge on any atom is -0.364 e. The van der Waals surface area contributed by atoms with Crippen molar-refractivity contribution in [3.8, 4) is 10.7 Å². The zero-order chi connectivity index (χ0) is 19.1. The van der Waals surface area contributed by atoms with Crippen molar-refractivity contribution in [2.75, 3.05) is 18.0 Å². The molecule has 3 aromatic rings. The first-order chi connectivity index (χ1) is 13.6. The van der Waals surface area contributed by atoms with Crippen molar-refractivity contribution in [2.24, 2.45) is 5.41 Å². The van der Waals surface area contributed by atoms with Crippen molar-refractivity contribution in [2.45, 2.75) is 38.8 Å². The second kappa shape index (κ2) is 6.97. The van der Waals surface area contributed by atoms with Crippen LogP contribution in [0, 0.1) is 5.41 Å². The average Bonchev–Trinajstić information content (AvgIpc) is 3.24. The summed E-state index contributed by atoms with van der Waals surface area (Å²) in [5, 5.41) is 18.5. The van der Waals surface area contributed by atoms with E-state index < -0.39 is 0 Å². The molecule has 0 aromatic carbocycles. The summed E-state index contributed by atoms with van der Waals surface area (Å²) in [5.74, 6) is 0.178. The SMILES string of the molecule is CC(=O)N(Cc1ccsc1)C1CC12CCN(c1nnc(-c3ccon3)s1)CC2. The molecule has 1 aliphatic heterocycles. The Bertz CT molecular complexity index is 945. The molecule has 3 aromatic heterocycles. The van der Waals surface area contributed by atoms with Crippen LogP contribution in [0.4, 0.5) is 5.13 Å². The lowest BCUT2D eigenvalue weighted by Crippen LogP contribution is -2.40. The summed E-state index contributed by atoms with van der Waals surface area (Å²) in [6, 6.07) is 4.28. The highest BCUT2D eigenvalue weighted by molar-refractivity contribution is 7.18. The zero-order valence-corrected chi connectivity index (χ0v) is 17.2. The Kier molecular flexibility index (Phi) is 4.43. The van der Waals surface area contributed by atoms with Crippen molar-refractivity contribution in [1.29, 1.82) is 0 Å². The van der Waals surface area contributed by atoms with Crippen molar-refractivity contribution < 1.29 is 9.32 Å². The maximum absolute atomic E-state index is 12.3. The van der Waals surface area contributed by atoms with Crippen LogP contribution in [0.1, 0.15) is 31.7 Å². The van der Waals surface area contributed by atoms with Crippen LogP contribution in [0.15, 0.2) is 33.7 Å². The number of carbonyl (C=O) groups is 1. The van der Waals surface area contributed by atoms with Gasteiger partial charge in [0.25, 0.3) is 0 Å². The predicted molar refractivity (Wildman–Crippen MR) is 108 cm³/mol. The van der Waals surface area contributed by atoms with E-state index in [0.717, 1.165) is 54.7 Å². The summed E-state index contributed by atoms with van der Waals surface area (Å²) in [6.07, 6.45) is 4.84. The molecule has 1 saturated carbocycles. The molecule has 1 atom stereocenters. The zero-order valence-electron chi connectivity index (χ0n) is 15.6. The molecule has 0 N–H and O–H groups in total. The number of rotatable bonds is 5. The van der Waals surface area contributed by atoms with Crippen LogP contribution in [-0.4, -0.2) is 45.3 Å². The number of hydrogen-bond acceptors (Lipinski definition) is 8. The minimum absolute atomic E-state index is 0.178. The Morgan fingerprint density at radius 3 is 2.89 bits per heavy atom. The molecule has 0 radical (unpaired) electrons. The second-order valence-electron chi connectivity index (χ2n) is 7.62. The monoisotopic (exact) mass is 415 g/mol. The van der Waals surface area contributed by atoms with Gasteiger partial charge in [-0.2, -0.15) is 11.3 Å². The quantitative estimate of drug-likeness (QED) is 0.633. The Hall–Kier alpha value is -2.26. The largest absolute Gasteiger partial charge is 0.364 e. The summed E-state index contributed by atoms with van der Waals surface area (Å²) in [4.78, 5) is 16.6. The van der Waals surface area contributed by atoms with Crippen LogP contribution >= 0.6 is 22.7 Å². The highest BCUT2D eigenvalue weighted by Gasteiger charge is 2.58. The molecule has 0 bridgehead atoms. The van der Waals surface area contributed by atoms with E-state index in [-0.39, 0.29) is 11.3 Å². The first-order valence-electron chi connectivity index (χ1n) is 9.42. The lowest BCUT2D eigenvalue weighted by Gasteiger charge is -2.34. The fourth-order valence-electron chi connectivity index (χ4n) is 4.24. The molecule has 2 fully saturated rings. The molecule has 5 rings (SSSR count). The standard InChI is InChI=1S/C19H21N5O2S2/c1-13(25)24(11-14-3-9-27-12-14)16-10-19(16)4-6-23(7-5-19)18-21-20-17(28-18)15-2-8-26-22-15/h2-3,8-9,12,16H,4-7,10-11H2,1H3. The smallest absolute Gasteiger partial charge is 0.220 e. The van der Waals surface area contributed by atoms with E-state index in [0.29, 0.717) is 6.04 Å². The molecule has 2 aliphatic rings. The van der Waals surface area contributed by atoms with Gasteiger partial charge in [0.2, 0.25) is 11.0 Å². The first kappa shape index (κ1) is 17.8. The highest BCUT2D eigenvalue weighted by atomic mass is 32.1. The van der Waals surface area contributed by atoms with Crippen LogP contribution in [0.2, 0.25) is 0 Å². The number of thiophene rings is 1. The third kappa shape index (κ3) is 3.22. The van der Waals surface area contributed by atoms with Crippen LogP contribution in [0.5, 0.6) is 0 Å². The molecule has 7 nitrogen and oxygen atoms in total. The minimum atomic E-state index is 0.178. The normalized spacial score (nSPS) is 20.5. The molecule has 1 unspecified atom stereocenters. The summed E-state index contributed by atoms with van der Waals surface area (Å²) >= 11 is 3.23. The first-order valence-corrected chi connectivity index (χ1v) is 11.2. The fraction of sp³-hybridized carbons (Fsp3) is 0.474. The van der Waals surface area contributed by atoms with Gasteiger partial charge in [0.1, 0.15) is 12.0 Å². The van der Waals surface area contributed by atoms with Crippen LogP contribution in [-0.2, 0) is 11.3 Å². The Morgan fingerprint density at radius 1 is 1.36 bits per heavy atom. The van der Waals surface area contributed by atoms with Gasteiger partial charge in [-0.3, -0.25) is 4.79 Å². The molecule has 4 heterocycles. The van der Waals surface area contributed by atoms with Gasteiger partial charge in [0.05, 0.1) is 0 Å². The molecule has 28 heavy (non-hydrogen) atoms. The number of piperidine rings is 1. The van der Waals surface area contributed by atoms with Gasteiger partial charge in [-0.05, 0) is 47.1 Å². The van der Waals surface area contributed by atoms with Crippen molar-refractivity contribution in [3.63, 3.8) is 0 Å². The second-order valence-corrected chi connectivity index (χ2v) is 9.36. The number of carbonyl (C=O) groups excluding carboxylic acids is 1. The van der Waals surface area contributed by atoms with Crippen molar-refractivity contribution >= 4 is 33.7 Å². The number of nitrogens with zero attached hydrogens (tertiary/aromatic N) is 5. The van der Waals surface area contributed by atoms with E-state index in [1.54, 1.807) is 41.9 Å². The van der Waals surface area contributed by atoms with E-state index in [1.165, 1.54) is 5.56 Å². The third-order valence-electron chi connectivity index (χ3n) is 5.96. The maximum Gasteiger partial charge on any atom is 0.220 e. The lowest BCUT2D eigenvalue weighted by atomic mass is 9.92. The number of anilines is 1. The number of hydrogen-bond donors (Lipinski definition) is 0. The van der Waals surface area contributed by atoms with Gasteiger partial charge in [-0.15, -0.1) is 10.2 Å². The van der Waals surface area contributed by atoms with Gasteiger partial charge >= 0.3 is 0 Å². The van der Waals surface area contributed by atoms with Crippen molar-refractivity contribution in [3.05, 3.63) is 34.7 Å². The summed E-state index contributed by atoms with van der Waals surface area (Å²) < 4.78 is 4.89. The summed E-state index contributed by atoms with van der Waals surface area (Å²) in [6.45, 7) is 4.33. The Balaban J connectivity index is 1.23. The third-order valence-corrected chi connectivity index (χ3v) is 7.70. The average molecular weight is 416 g/mol. The topological polar surface area (TPSA) is 75.4 Å². The van der Waals surface area contributed by atoms with E-state index in [9.17, 15) is 4.79 Å². The number of aromatic nitrogens is 3. The van der Waals surface area contributed by atoms with E-state index in [2.05, 4.69) is 42.0 Å². The summed E-state index contributed by atoms with van der Waals surface area (Å²) in [5.41, 5.74) is 2.23. The summed E-state index contributed by atoms with van der Waals surface area (Å²) in [7, 11) is 0. The predicted octanol–water partition coefficient (Wildman–Crippen LogP) is 3.66. The van der Waals surface area contributed by atoms with Gasteiger partial charge in [-0.1, -0.05) is 16.5 Å². The van der Waals surface area contributed by atoms with E-state index in [1.807, 2.05) is 0 Å².